The molecule has 0 spiro atoms. The number of nitrogens with one attached hydrogen (secondary N) is 1. The van der Waals surface area contributed by atoms with Crippen LogP contribution in [0, 0.1) is 0 Å². The Bertz CT molecular complexity index is 1110. The SMILES string of the molecule is O=CNC(Cn1ccc(C2CCCN2C(=O)Cc2ccc(-c3ccccc3)cc2)c1)C(=O)O. The monoisotopic (exact) mass is 445 g/mol. The number of carboxylic acids is 1. The van der Waals surface area contributed by atoms with Crippen LogP contribution in [-0.2, 0) is 27.3 Å². The van der Waals surface area contributed by atoms with Gasteiger partial charge in [-0.2, -0.15) is 0 Å². The Hall–Kier alpha value is -3.87. The Morgan fingerprint density at radius 1 is 1.06 bits per heavy atom. The molecule has 2 heterocycles. The number of carbonyl (C=O) groups is 3. The molecule has 1 aliphatic heterocycles. The number of hydrogen-bond acceptors (Lipinski definition) is 3. The second kappa shape index (κ2) is 10.2. The molecule has 1 aliphatic rings. The van der Waals surface area contributed by atoms with E-state index in [1.165, 1.54) is 0 Å². The number of amides is 2. The van der Waals surface area contributed by atoms with Gasteiger partial charge in [-0.1, -0.05) is 54.6 Å². The molecular formula is C26H27N3O4. The fraction of sp³-hybridized carbons (Fsp3) is 0.269. The lowest BCUT2D eigenvalue weighted by Gasteiger charge is -2.24. The van der Waals surface area contributed by atoms with Crippen LogP contribution >= 0.6 is 0 Å². The van der Waals surface area contributed by atoms with Crippen molar-refractivity contribution in [1.29, 1.82) is 0 Å². The standard InChI is InChI=1S/C26H27N3O4/c30-18-27-23(26(32)33)17-28-14-12-22(16-28)24-7-4-13-29(24)25(31)15-19-8-10-21(11-9-19)20-5-2-1-3-6-20/h1-3,5-6,8-12,14,16,18,23-24H,4,7,13,15,17H2,(H,27,30)(H,32,33). The fourth-order valence-electron chi connectivity index (χ4n) is 4.40. The highest BCUT2D eigenvalue weighted by molar-refractivity contribution is 5.80. The molecule has 0 aliphatic carbocycles. The maximum atomic E-state index is 13.1. The average Bonchev–Trinajstić information content (AvgIpc) is 3.49. The van der Waals surface area contributed by atoms with Crippen molar-refractivity contribution >= 4 is 18.3 Å². The van der Waals surface area contributed by atoms with E-state index in [4.69, 9.17) is 0 Å². The number of hydrogen-bond donors (Lipinski definition) is 2. The van der Waals surface area contributed by atoms with Crippen molar-refractivity contribution in [3.63, 3.8) is 0 Å². The molecule has 170 valence electrons. The predicted molar refractivity (Wildman–Crippen MR) is 124 cm³/mol. The zero-order valence-electron chi connectivity index (χ0n) is 18.3. The van der Waals surface area contributed by atoms with Crippen LogP contribution < -0.4 is 5.32 Å². The quantitative estimate of drug-likeness (QED) is 0.495. The molecule has 2 amide bonds. The van der Waals surface area contributed by atoms with Crippen molar-refractivity contribution in [3.8, 4) is 11.1 Å². The number of carbonyl (C=O) groups excluding carboxylic acids is 2. The molecule has 2 aromatic carbocycles. The van der Waals surface area contributed by atoms with Gasteiger partial charge in [0.25, 0.3) is 0 Å². The summed E-state index contributed by atoms with van der Waals surface area (Å²) in [6.45, 7) is 0.837. The van der Waals surface area contributed by atoms with Gasteiger partial charge in [-0.05, 0) is 41.2 Å². The molecule has 0 saturated carbocycles. The molecule has 7 nitrogen and oxygen atoms in total. The summed E-state index contributed by atoms with van der Waals surface area (Å²) in [5.41, 5.74) is 4.23. The molecule has 1 fully saturated rings. The minimum atomic E-state index is -1.09. The van der Waals surface area contributed by atoms with Crippen molar-refractivity contribution in [1.82, 2.24) is 14.8 Å². The van der Waals surface area contributed by atoms with Crippen LogP contribution in [-0.4, -0.2) is 45.4 Å². The van der Waals surface area contributed by atoms with Gasteiger partial charge in [0.05, 0.1) is 19.0 Å². The van der Waals surface area contributed by atoms with Crippen molar-refractivity contribution in [2.24, 2.45) is 0 Å². The van der Waals surface area contributed by atoms with Gasteiger partial charge >= 0.3 is 5.97 Å². The number of likely N-dealkylation sites (tertiary alicyclic amines) is 1. The first-order valence-corrected chi connectivity index (χ1v) is 11.1. The highest BCUT2D eigenvalue weighted by atomic mass is 16.4. The van der Waals surface area contributed by atoms with E-state index in [9.17, 15) is 19.5 Å². The molecule has 7 heteroatoms. The molecule has 1 saturated heterocycles. The van der Waals surface area contributed by atoms with E-state index in [-0.39, 0.29) is 18.5 Å². The van der Waals surface area contributed by atoms with E-state index in [1.807, 2.05) is 59.6 Å². The number of nitrogens with zero attached hydrogens (tertiary/aromatic N) is 2. The van der Waals surface area contributed by atoms with E-state index in [0.717, 1.165) is 35.1 Å². The Kier molecular flexibility index (Phi) is 6.88. The lowest BCUT2D eigenvalue weighted by atomic mass is 10.0. The summed E-state index contributed by atoms with van der Waals surface area (Å²) in [5.74, 6) is -1.00. The molecular weight excluding hydrogens is 418 g/mol. The Labute approximate surface area is 192 Å². The molecule has 0 bridgehead atoms. The first kappa shape index (κ1) is 22.3. The number of carboxylic acid groups (broad SMARTS) is 1. The van der Waals surface area contributed by atoms with Crippen LogP contribution in [0.3, 0.4) is 0 Å². The molecule has 0 radical (unpaired) electrons. The second-order valence-corrected chi connectivity index (χ2v) is 8.30. The van der Waals surface area contributed by atoms with Crippen molar-refractivity contribution in [2.75, 3.05) is 6.54 Å². The van der Waals surface area contributed by atoms with Crippen LogP contribution in [0.15, 0.2) is 73.1 Å². The van der Waals surface area contributed by atoms with Gasteiger partial charge in [-0.15, -0.1) is 0 Å². The van der Waals surface area contributed by atoms with Gasteiger partial charge in [0.15, 0.2) is 0 Å². The Morgan fingerprint density at radius 2 is 1.79 bits per heavy atom. The minimum absolute atomic E-state index is 0.0235. The van der Waals surface area contributed by atoms with Crippen LogP contribution in [0.5, 0.6) is 0 Å². The second-order valence-electron chi connectivity index (χ2n) is 8.30. The number of benzene rings is 2. The van der Waals surface area contributed by atoms with Crippen molar-refractivity contribution in [2.45, 2.75) is 37.9 Å². The van der Waals surface area contributed by atoms with Gasteiger partial charge in [0.1, 0.15) is 6.04 Å². The van der Waals surface area contributed by atoms with E-state index >= 15 is 0 Å². The highest BCUT2D eigenvalue weighted by Gasteiger charge is 2.30. The molecule has 2 N–H and O–H groups in total. The molecule has 3 aromatic rings. The zero-order valence-corrected chi connectivity index (χ0v) is 18.3. The van der Waals surface area contributed by atoms with Gasteiger partial charge in [-0.3, -0.25) is 9.59 Å². The van der Waals surface area contributed by atoms with Crippen LogP contribution in [0.2, 0.25) is 0 Å². The number of aliphatic carboxylic acids is 1. The molecule has 1 aromatic heterocycles. The lowest BCUT2D eigenvalue weighted by molar-refractivity contribution is -0.141. The highest BCUT2D eigenvalue weighted by Crippen LogP contribution is 2.33. The smallest absolute Gasteiger partial charge is 0.328 e. The lowest BCUT2D eigenvalue weighted by Crippen LogP contribution is -2.39. The summed E-state index contributed by atoms with van der Waals surface area (Å²) in [6.07, 6.45) is 6.20. The first-order valence-electron chi connectivity index (χ1n) is 11.1. The summed E-state index contributed by atoms with van der Waals surface area (Å²) in [7, 11) is 0. The first-order chi connectivity index (χ1) is 16.0. The summed E-state index contributed by atoms with van der Waals surface area (Å²) < 4.78 is 1.74. The third-order valence-electron chi connectivity index (χ3n) is 6.11. The van der Waals surface area contributed by atoms with E-state index in [0.29, 0.717) is 19.4 Å². The molecule has 4 rings (SSSR count). The van der Waals surface area contributed by atoms with Gasteiger partial charge in [-0.25, -0.2) is 4.79 Å². The maximum Gasteiger partial charge on any atom is 0.328 e. The summed E-state index contributed by atoms with van der Waals surface area (Å²) in [4.78, 5) is 37.0. The van der Waals surface area contributed by atoms with Gasteiger partial charge in [0.2, 0.25) is 12.3 Å². The fourth-order valence-corrected chi connectivity index (χ4v) is 4.40. The zero-order chi connectivity index (χ0) is 23.2. The third kappa shape index (κ3) is 5.31. The number of aromatic nitrogens is 1. The average molecular weight is 446 g/mol. The van der Waals surface area contributed by atoms with Crippen LogP contribution in [0.25, 0.3) is 11.1 Å². The van der Waals surface area contributed by atoms with Crippen molar-refractivity contribution in [3.05, 3.63) is 84.2 Å². The summed E-state index contributed by atoms with van der Waals surface area (Å²) in [5, 5.41) is 11.5. The van der Waals surface area contributed by atoms with Gasteiger partial charge in [0, 0.05) is 18.9 Å². The van der Waals surface area contributed by atoms with E-state index in [2.05, 4.69) is 17.4 Å². The topological polar surface area (TPSA) is 91.6 Å². The molecule has 2 atom stereocenters. The third-order valence-corrected chi connectivity index (χ3v) is 6.11. The number of rotatable bonds is 9. The Balaban J connectivity index is 1.41. The van der Waals surface area contributed by atoms with E-state index < -0.39 is 12.0 Å². The predicted octanol–water partition coefficient (Wildman–Crippen LogP) is 3.26. The largest absolute Gasteiger partial charge is 0.480 e. The van der Waals surface area contributed by atoms with Crippen molar-refractivity contribution < 1.29 is 19.5 Å². The Morgan fingerprint density at radius 3 is 2.48 bits per heavy atom. The van der Waals surface area contributed by atoms with Crippen LogP contribution in [0.1, 0.15) is 30.0 Å². The summed E-state index contributed by atoms with van der Waals surface area (Å²) in [6, 6.07) is 19.1. The van der Waals surface area contributed by atoms with Crippen LogP contribution in [0.4, 0.5) is 0 Å². The normalized spacial score (nSPS) is 16.4. The van der Waals surface area contributed by atoms with E-state index in [1.54, 1.807) is 10.8 Å². The van der Waals surface area contributed by atoms with Gasteiger partial charge < -0.3 is 19.9 Å². The maximum absolute atomic E-state index is 13.1. The summed E-state index contributed by atoms with van der Waals surface area (Å²) >= 11 is 0. The minimum Gasteiger partial charge on any atom is -0.480 e. The molecule has 33 heavy (non-hydrogen) atoms. The molecule has 2 unspecified atom stereocenters.